The van der Waals surface area contributed by atoms with E-state index in [1.165, 1.54) is 0 Å². The van der Waals surface area contributed by atoms with Crippen molar-refractivity contribution >= 4 is 11.8 Å². The molecule has 2 aromatic rings. The van der Waals surface area contributed by atoms with Crippen LogP contribution in [0.15, 0.2) is 34.7 Å². The van der Waals surface area contributed by atoms with Crippen LogP contribution < -0.4 is 10.6 Å². The number of aromatic nitrogens is 2. The highest BCUT2D eigenvalue weighted by Gasteiger charge is 2.22. The molecular weight excluding hydrogens is 308 g/mol. The average molecular weight is 328 g/mol. The zero-order valence-electron chi connectivity index (χ0n) is 13.3. The smallest absolute Gasteiger partial charge is 0.247 e. The van der Waals surface area contributed by atoms with Crippen LogP contribution in [-0.4, -0.2) is 34.6 Å². The minimum absolute atomic E-state index is 0.106. The molecule has 1 saturated heterocycles. The Labute approximate surface area is 139 Å². The number of nitrogens with zero attached hydrogens (tertiary/aromatic N) is 2. The summed E-state index contributed by atoms with van der Waals surface area (Å²) in [6.07, 6.45) is 3.10. The Morgan fingerprint density at radius 1 is 1.25 bits per heavy atom. The van der Waals surface area contributed by atoms with Gasteiger partial charge in [0.15, 0.2) is 0 Å². The molecule has 1 aliphatic rings. The van der Waals surface area contributed by atoms with Gasteiger partial charge in [-0.1, -0.05) is 18.2 Å². The Hall–Kier alpha value is -2.70. The first-order chi connectivity index (χ1) is 11.7. The number of hydrogen-bond donors (Lipinski definition) is 2. The van der Waals surface area contributed by atoms with E-state index in [1.807, 2.05) is 30.3 Å². The first kappa shape index (κ1) is 16.2. The normalized spacial score (nSPS) is 17.8. The highest BCUT2D eigenvalue weighted by Crippen LogP contribution is 2.17. The standard InChI is InChI=1S/C17H20N4O3/c22-14(19-13-8-4-5-11-18-16(13)23)9-10-15-20-21-17(24-15)12-6-2-1-3-7-12/h1-3,6-7,13H,4-5,8-11H2,(H,18,23)(H,19,22)/t13-/m0/s1. The van der Waals surface area contributed by atoms with Gasteiger partial charge in [0.1, 0.15) is 6.04 Å². The zero-order valence-corrected chi connectivity index (χ0v) is 13.3. The Morgan fingerprint density at radius 2 is 2.08 bits per heavy atom. The molecule has 7 nitrogen and oxygen atoms in total. The van der Waals surface area contributed by atoms with Crippen molar-refractivity contribution in [3.63, 3.8) is 0 Å². The SMILES string of the molecule is O=C(CCc1nnc(-c2ccccc2)o1)N[C@H]1CCCCNC1=O. The lowest BCUT2D eigenvalue weighted by Gasteiger charge is -2.14. The molecule has 3 rings (SSSR count). The summed E-state index contributed by atoms with van der Waals surface area (Å²) in [6, 6.07) is 9.02. The van der Waals surface area contributed by atoms with Crippen LogP contribution in [0.3, 0.4) is 0 Å². The quantitative estimate of drug-likeness (QED) is 0.866. The van der Waals surface area contributed by atoms with Crippen LogP contribution in [0.5, 0.6) is 0 Å². The third kappa shape index (κ3) is 4.18. The highest BCUT2D eigenvalue weighted by molar-refractivity contribution is 5.87. The van der Waals surface area contributed by atoms with Gasteiger partial charge in [-0.25, -0.2) is 0 Å². The molecular formula is C17H20N4O3. The Balaban J connectivity index is 1.51. The van der Waals surface area contributed by atoms with Gasteiger partial charge in [0.05, 0.1) is 0 Å². The lowest BCUT2D eigenvalue weighted by molar-refractivity contribution is -0.128. The number of aryl methyl sites for hydroxylation is 1. The fourth-order valence-electron chi connectivity index (χ4n) is 2.62. The van der Waals surface area contributed by atoms with Gasteiger partial charge in [-0.3, -0.25) is 9.59 Å². The molecule has 1 fully saturated rings. The van der Waals surface area contributed by atoms with Crippen molar-refractivity contribution in [3.8, 4) is 11.5 Å². The third-order valence-electron chi connectivity index (χ3n) is 3.92. The van der Waals surface area contributed by atoms with Gasteiger partial charge in [0.25, 0.3) is 0 Å². The average Bonchev–Trinajstić information content (AvgIpc) is 2.99. The van der Waals surface area contributed by atoms with Crippen LogP contribution in [0.4, 0.5) is 0 Å². The molecule has 24 heavy (non-hydrogen) atoms. The van der Waals surface area contributed by atoms with Crippen molar-refractivity contribution in [1.29, 1.82) is 0 Å². The number of benzene rings is 1. The molecule has 1 aliphatic heterocycles. The second-order valence-electron chi connectivity index (χ2n) is 5.77. The van der Waals surface area contributed by atoms with Crippen LogP contribution in [0.2, 0.25) is 0 Å². The molecule has 1 aromatic carbocycles. The molecule has 1 aromatic heterocycles. The molecule has 126 valence electrons. The third-order valence-corrected chi connectivity index (χ3v) is 3.92. The summed E-state index contributed by atoms with van der Waals surface area (Å²) in [5.41, 5.74) is 0.843. The summed E-state index contributed by atoms with van der Waals surface area (Å²) in [4.78, 5) is 23.9. The van der Waals surface area contributed by atoms with Crippen molar-refractivity contribution in [1.82, 2.24) is 20.8 Å². The molecule has 0 spiro atoms. The first-order valence-electron chi connectivity index (χ1n) is 8.17. The number of rotatable bonds is 5. The molecule has 0 bridgehead atoms. The van der Waals surface area contributed by atoms with E-state index in [4.69, 9.17) is 4.42 Å². The van der Waals surface area contributed by atoms with E-state index >= 15 is 0 Å². The summed E-state index contributed by atoms with van der Waals surface area (Å²) in [5, 5.41) is 13.5. The van der Waals surface area contributed by atoms with Crippen molar-refractivity contribution < 1.29 is 14.0 Å². The van der Waals surface area contributed by atoms with Crippen molar-refractivity contribution in [2.45, 2.75) is 38.1 Å². The summed E-state index contributed by atoms with van der Waals surface area (Å²) in [5.74, 6) is 0.560. The number of hydrogen-bond acceptors (Lipinski definition) is 5. The summed E-state index contributed by atoms with van der Waals surface area (Å²) < 4.78 is 5.57. The predicted molar refractivity (Wildman–Crippen MR) is 86.8 cm³/mol. The van der Waals surface area contributed by atoms with E-state index in [0.717, 1.165) is 18.4 Å². The molecule has 0 unspecified atom stereocenters. The van der Waals surface area contributed by atoms with Gasteiger partial charge in [-0.05, 0) is 31.4 Å². The molecule has 2 heterocycles. The van der Waals surface area contributed by atoms with Gasteiger partial charge in [-0.2, -0.15) is 0 Å². The monoisotopic (exact) mass is 328 g/mol. The van der Waals surface area contributed by atoms with Crippen LogP contribution in [0, 0.1) is 0 Å². The largest absolute Gasteiger partial charge is 0.421 e. The number of carbonyl (C=O) groups excluding carboxylic acids is 2. The maximum Gasteiger partial charge on any atom is 0.247 e. The van der Waals surface area contributed by atoms with Gasteiger partial charge in [-0.15, -0.1) is 10.2 Å². The number of nitrogens with one attached hydrogen (secondary N) is 2. The second-order valence-corrected chi connectivity index (χ2v) is 5.77. The lowest BCUT2D eigenvalue weighted by Crippen LogP contribution is -2.45. The maximum atomic E-state index is 12.0. The minimum atomic E-state index is -0.442. The topological polar surface area (TPSA) is 97.1 Å². The fourth-order valence-corrected chi connectivity index (χ4v) is 2.62. The van der Waals surface area contributed by atoms with Gasteiger partial charge >= 0.3 is 0 Å². The minimum Gasteiger partial charge on any atom is -0.421 e. The lowest BCUT2D eigenvalue weighted by atomic mass is 10.1. The molecule has 0 radical (unpaired) electrons. The fraction of sp³-hybridized carbons (Fsp3) is 0.412. The maximum absolute atomic E-state index is 12.0. The van der Waals surface area contributed by atoms with Crippen LogP contribution in [0.1, 0.15) is 31.6 Å². The second kappa shape index (κ2) is 7.72. The van der Waals surface area contributed by atoms with Gasteiger partial charge in [0, 0.05) is 24.9 Å². The number of carbonyl (C=O) groups is 2. The van der Waals surface area contributed by atoms with Crippen molar-refractivity contribution in [2.24, 2.45) is 0 Å². The highest BCUT2D eigenvalue weighted by atomic mass is 16.4. The first-order valence-corrected chi connectivity index (χ1v) is 8.17. The van der Waals surface area contributed by atoms with Crippen molar-refractivity contribution in [3.05, 3.63) is 36.2 Å². The van der Waals surface area contributed by atoms with Crippen molar-refractivity contribution in [2.75, 3.05) is 6.54 Å². The molecule has 0 aliphatic carbocycles. The number of amides is 2. The summed E-state index contributed by atoms with van der Waals surface area (Å²) >= 11 is 0. The van der Waals surface area contributed by atoms with Gasteiger partial charge in [0.2, 0.25) is 23.6 Å². The molecule has 2 amide bonds. The summed E-state index contributed by atoms with van der Waals surface area (Å²) in [7, 11) is 0. The molecule has 1 atom stereocenters. The van der Waals surface area contributed by atoms with E-state index in [1.54, 1.807) is 0 Å². The van der Waals surface area contributed by atoms with E-state index in [2.05, 4.69) is 20.8 Å². The molecule has 7 heteroatoms. The van der Waals surface area contributed by atoms with Crippen LogP contribution >= 0.6 is 0 Å². The Morgan fingerprint density at radius 3 is 2.92 bits per heavy atom. The van der Waals surface area contributed by atoms with Gasteiger partial charge < -0.3 is 15.1 Å². The predicted octanol–water partition coefficient (Wildman–Crippen LogP) is 1.45. The molecule has 0 saturated carbocycles. The molecule has 2 N–H and O–H groups in total. The Kier molecular flexibility index (Phi) is 5.20. The zero-order chi connectivity index (χ0) is 16.8. The Bertz CT molecular complexity index is 699. The van der Waals surface area contributed by atoms with E-state index in [9.17, 15) is 9.59 Å². The van der Waals surface area contributed by atoms with Crippen LogP contribution in [0.25, 0.3) is 11.5 Å². The van der Waals surface area contributed by atoms with Crippen LogP contribution in [-0.2, 0) is 16.0 Å². The van der Waals surface area contributed by atoms with E-state index in [0.29, 0.717) is 31.2 Å². The van der Waals surface area contributed by atoms with E-state index in [-0.39, 0.29) is 18.2 Å². The van der Waals surface area contributed by atoms with E-state index < -0.39 is 6.04 Å². The summed E-state index contributed by atoms with van der Waals surface area (Å²) in [6.45, 7) is 0.676.